The highest BCUT2D eigenvalue weighted by Gasteiger charge is 2.19. The van der Waals surface area contributed by atoms with Crippen LogP contribution >= 0.6 is 0 Å². The SMILES string of the molecule is CCCCC/C=C\C/C=C\CCCCCCCCCC(=O)OCC(COC(=O)CCCCCCCCC/C=C\CCCCCCCCCC)OC(=O)CCC/C=C\C/C=C\C/C=C\CCCCCCCC. The Morgan fingerprint density at radius 1 is 0.282 bits per heavy atom. The van der Waals surface area contributed by atoms with Crippen molar-refractivity contribution >= 4 is 17.9 Å². The third-order valence-corrected chi connectivity index (χ3v) is 13.2. The lowest BCUT2D eigenvalue weighted by Gasteiger charge is -2.18. The van der Waals surface area contributed by atoms with Gasteiger partial charge in [-0.2, -0.15) is 0 Å². The lowest BCUT2D eigenvalue weighted by Crippen LogP contribution is -2.30. The predicted octanol–water partition coefficient (Wildman–Crippen LogP) is 20.5. The molecule has 0 saturated heterocycles. The number of allylic oxidation sites excluding steroid dienone is 12. The average Bonchev–Trinajstić information content (AvgIpc) is 3.37. The zero-order valence-electron chi connectivity index (χ0n) is 47.0. The summed E-state index contributed by atoms with van der Waals surface area (Å²) in [7, 11) is 0. The number of unbranched alkanes of at least 4 members (excludes halogenated alkanes) is 32. The molecule has 0 spiro atoms. The van der Waals surface area contributed by atoms with E-state index in [1.807, 2.05) is 0 Å². The molecular formula is C65H114O6. The van der Waals surface area contributed by atoms with Gasteiger partial charge in [0.2, 0.25) is 0 Å². The molecule has 0 aliphatic carbocycles. The van der Waals surface area contributed by atoms with Gasteiger partial charge in [-0.25, -0.2) is 0 Å². The first-order valence-electron chi connectivity index (χ1n) is 30.4. The van der Waals surface area contributed by atoms with Crippen LogP contribution < -0.4 is 0 Å². The summed E-state index contributed by atoms with van der Waals surface area (Å²) in [5, 5.41) is 0. The van der Waals surface area contributed by atoms with Gasteiger partial charge in [0.1, 0.15) is 13.2 Å². The fourth-order valence-corrected chi connectivity index (χ4v) is 8.54. The lowest BCUT2D eigenvalue weighted by molar-refractivity contribution is -0.167. The molecule has 0 bridgehead atoms. The van der Waals surface area contributed by atoms with Crippen molar-refractivity contribution in [3.8, 4) is 0 Å². The largest absolute Gasteiger partial charge is 0.462 e. The van der Waals surface area contributed by atoms with Crippen molar-refractivity contribution in [3.63, 3.8) is 0 Å². The van der Waals surface area contributed by atoms with Crippen molar-refractivity contribution in [1.29, 1.82) is 0 Å². The standard InChI is InChI=1S/C65H114O6/c1-4-7-10-13-16-19-22-25-28-31-32-35-37-40-43-46-49-52-55-58-64(67)70-61-62(71-65(68)59-56-53-50-47-44-41-38-34-30-27-24-21-18-15-12-9-6-3)60-69-63(66)57-54-51-48-45-42-39-36-33-29-26-23-20-17-14-11-8-5-2/h17,20,26-27,29-32,38,41,47,50,62H,4-16,18-19,21-25,28,33-37,39-40,42-46,48-49,51-61H2,1-3H3/b20-17-,29-26-,30-27-,32-31-,41-38-,50-47-. The molecule has 0 aromatic carbocycles. The Bertz CT molecular complexity index is 1320. The number of carbonyl (C=O) groups is 3. The molecule has 71 heavy (non-hydrogen) atoms. The molecule has 410 valence electrons. The summed E-state index contributed by atoms with van der Waals surface area (Å²) in [6.07, 6.45) is 76.1. The monoisotopic (exact) mass is 991 g/mol. The molecule has 0 heterocycles. The van der Waals surface area contributed by atoms with Gasteiger partial charge in [-0.15, -0.1) is 0 Å². The van der Waals surface area contributed by atoms with Gasteiger partial charge in [0, 0.05) is 19.3 Å². The van der Waals surface area contributed by atoms with Crippen molar-refractivity contribution in [1.82, 2.24) is 0 Å². The van der Waals surface area contributed by atoms with Gasteiger partial charge in [0.05, 0.1) is 0 Å². The number of hydrogen-bond donors (Lipinski definition) is 0. The normalized spacial score (nSPS) is 12.5. The van der Waals surface area contributed by atoms with Crippen LogP contribution in [0.25, 0.3) is 0 Å². The molecule has 1 atom stereocenters. The maximum atomic E-state index is 12.9. The highest BCUT2D eigenvalue weighted by molar-refractivity contribution is 5.71. The molecule has 0 aromatic heterocycles. The average molecular weight is 992 g/mol. The number of esters is 3. The second-order valence-electron chi connectivity index (χ2n) is 20.2. The molecule has 6 heteroatoms. The smallest absolute Gasteiger partial charge is 0.306 e. The van der Waals surface area contributed by atoms with Gasteiger partial charge in [0.15, 0.2) is 6.10 Å². The number of ether oxygens (including phenoxy) is 3. The Morgan fingerprint density at radius 2 is 0.521 bits per heavy atom. The quantitative estimate of drug-likeness (QED) is 0.0261. The third kappa shape index (κ3) is 57.6. The Labute approximate surface area is 440 Å². The van der Waals surface area contributed by atoms with Crippen LogP contribution in [0, 0.1) is 0 Å². The molecule has 0 saturated carbocycles. The van der Waals surface area contributed by atoms with E-state index in [1.54, 1.807) is 0 Å². The second kappa shape index (κ2) is 59.4. The van der Waals surface area contributed by atoms with Gasteiger partial charge in [-0.1, -0.05) is 248 Å². The Balaban J connectivity index is 4.45. The van der Waals surface area contributed by atoms with Crippen molar-refractivity contribution in [2.24, 2.45) is 0 Å². The maximum absolute atomic E-state index is 12.9. The van der Waals surface area contributed by atoms with Gasteiger partial charge in [0.25, 0.3) is 0 Å². The predicted molar refractivity (Wildman–Crippen MR) is 307 cm³/mol. The number of hydrogen-bond acceptors (Lipinski definition) is 6. The Kier molecular flexibility index (Phi) is 56.8. The first kappa shape index (κ1) is 67.8. The molecule has 0 N–H and O–H groups in total. The van der Waals surface area contributed by atoms with E-state index in [-0.39, 0.29) is 37.5 Å². The van der Waals surface area contributed by atoms with Crippen LogP contribution in [0.2, 0.25) is 0 Å². The molecule has 0 fully saturated rings. The first-order valence-corrected chi connectivity index (χ1v) is 30.4. The highest BCUT2D eigenvalue weighted by atomic mass is 16.6. The molecule has 6 nitrogen and oxygen atoms in total. The van der Waals surface area contributed by atoms with Crippen LogP contribution in [0.1, 0.15) is 303 Å². The molecule has 0 rings (SSSR count). The summed E-state index contributed by atoms with van der Waals surface area (Å²) < 4.78 is 16.8. The van der Waals surface area contributed by atoms with Gasteiger partial charge in [-0.05, 0) is 109 Å². The zero-order valence-corrected chi connectivity index (χ0v) is 47.0. The fourth-order valence-electron chi connectivity index (χ4n) is 8.54. The van der Waals surface area contributed by atoms with E-state index in [1.165, 1.54) is 186 Å². The van der Waals surface area contributed by atoms with E-state index in [0.717, 1.165) is 70.6 Å². The van der Waals surface area contributed by atoms with E-state index in [9.17, 15) is 14.4 Å². The summed E-state index contributed by atoms with van der Waals surface area (Å²) in [6, 6.07) is 0. The fraction of sp³-hybridized carbons (Fsp3) is 0.769. The Morgan fingerprint density at radius 3 is 0.873 bits per heavy atom. The molecule has 0 amide bonds. The highest BCUT2D eigenvalue weighted by Crippen LogP contribution is 2.15. The van der Waals surface area contributed by atoms with Crippen molar-refractivity contribution in [2.45, 2.75) is 309 Å². The third-order valence-electron chi connectivity index (χ3n) is 13.2. The van der Waals surface area contributed by atoms with Crippen LogP contribution in [0.15, 0.2) is 72.9 Å². The molecule has 0 aromatic rings. The van der Waals surface area contributed by atoms with Crippen LogP contribution in [0.5, 0.6) is 0 Å². The minimum Gasteiger partial charge on any atom is -0.462 e. The molecule has 0 aliphatic rings. The summed E-state index contributed by atoms with van der Waals surface area (Å²) in [5.41, 5.74) is 0. The topological polar surface area (TPSA) is 78.9 Å². The number of carbonyl (C=O) groups excluding carboxylic acids is 3. The zero-order chi connectivity index (χ0) is 51.4. The van der Waals surface area contributed by atoms with Crippen molar-refractivity contribution in [3.05, 3.63) is 72.9 Å². The van der Waals surface area contributed by atoms with E-state index >= 15 is 0 Å². The van der Waals surface area contributed by atoms with Crippen molar-refractivity contribution in [2.75, 3.05) is 13.2 Å². The Hall–Kier alpha value is -3.15. The maximum Gasteiger partial charge on any atom is 0.306 e. The number of rotatable bonds is 55. The van der Waals surface area contributed by atoms with E-state index in [4.69, 9.17) is 14.2 Å². The van der Waals surface area contributed by atoms with Crippen LogP contribution in [0.4, 0.5) is 0 Å². The van der Waals surface area contributed by atoms with E-state index in [0.29, 0.717) is 19.3 Å². The van der Waals surface area contributed by atoms with Crippen LogP contribution in [-0.4, -0.2) is 37.2 Å². The first-order chi connectivity index (χ1) is 35.0. The van der Waals surface area contributed by atoms with Gasteiger partial charge in [-0.3, -0.25) is 14.4 Å². The van der Waals surface area contributed by atoms with Gasteiger partial charge < -0.3 is 14.2 Å². The second-order valence-corrected chi connectivity index (χ2v) is 20.2. The summed E-state index contributed by atoms with van der Waals surface area (Å²) in [4.78, 5) is 38.2. The minimum absolute atomic E-state index is 0.0993. The van der Waals surface area contributed by atoms with E-state index < -0.39 is 6.10 Å². The lowest BCUT2D eigenvalue weighted by atomic mass is 10.1. The molecule has 0 aliphatic heterocycles. The molecular weight excluding hydrogens is 877 g/mol. The minimum atomic E-state index is -0.808. The molecule has 0 radical (unpaired) electrons. The van der Waals surface area contributed by atoms with E-state index in [2.05, 4.69) is 93.7 Å². The molecule has 1 unspecified atom stereocenters. The summed E-state index contributed by atoms with van der Waals surface area (Å²) in [6.45, 7) is 6.58. The van der Waals surface area contributed by atoms with Crippen LogP contribution in [0.3, 0.4) is 0 Å². The van der Waals surface area contributed by atoms with Gasteiger partial charge >= 0.3 is 17.9 Å². The van der Waals surface area contributed by atoms with Crippen LogP contribution in [-0.2, 0) is 28.6 Å². The van der Waals surface area contributed by atoms with Crippen molar-refractivity contribution < 1.29 is 28.6 Å². The summed E-state index contributed by atoms with van der Waals surface area (Å²) >= 11 is 0. The summed E-state index contributed by atoms with van der Waals surface area (Å²) in [5.74, 6) is -0.954.